The van der Waals surface area contributed by atoms with Crippen molar-refractivity contribution >= 4 is 22.8 Å². The normalized spacial score (nSPS) is 10.7. The third kappa shape index (κ3) is 7.03. The van der Waals surface area contributed by atoms with Gasteiger partial charge in [-0.25, -0.2) is 0 Å². The van der Waals surface area contributed by atoms with Gasteiger partial charge in [-0.15, -0.1) is 0 Å². The molecule has 0 spiro atoms. The first-order valence-electron chi connectivity index (χ1n) is 11.8. The standard InChI is InChI=1S/C30H29N3.C2H5N/c1-20-15-21(2)17-28(16-20)24(5)32-29-13-8-22(3)30(18-29)33-23(4)25-9-11-26(12-10-25)27-7-6-14-31-19-27;1-2-3/h6-19,32H,5H2,1-4H3;2H,1,3H2. The molecule has 0 radical (unpaired) electrons. The number of nitrogens with two attached hydrogens (primary N) is 1. The van der Waals surface area contributed by atoms with Crippen LogP contribution in [0.15, 0.2) is 110 Å². The molecule has 1 heterocycles. The second kappa shape index (κ2) is 12.3. The summed E-state index contributed by atoms with van der Waals surface area (Å²) in [5.74, 6) is 0. The van der Waals surface area contributed by atoms with Crippen molar-refractivity contribution < 1.29 is 0 Å². The van der Waals surface area contributed by atoms with E-state index in [0.717, 1.165) is 50.6 Å². The monoisotopic (exact) mass is 474 g/mol. The summed E-state index contributed by atoms with van der Waals surface area (Å²) in [4.78, 5) is 9.14. The van der Waals surface area contributed by atoms with Crippen molar-refractivity contribution in [2.75, 3.05) is 5.32 Å². The van der Waals surface area contributed by atoms with Gasteiger partial charge >= 0.3 is 0 Å². The lowest BCUT2D eigenvalue weighted by molar-refractivity contribution is 1.33. The molecule has 0 bridgehead atoms. The van der Waals surface area contributed by atoms with Crippen LogP contribution in [-0.2, 0) is 0 Å². The summed E-state index contributed by atoms with van der Waals surface area (Å²) in [6.07, 6.45) is 4.92. The molecule has 182 valence electrons. The van der Waals surface area contributed by atoms with E-state index in [1.807, 2.05) is 19.2 Å². The number of nitrogens with zero attached hydrogens (tertiary/aromatic N) is 2. The van der Waals surface area contributed by atoms with Crippen LogP contribution in [0.1, 0.15) is 34.7 Å². The van der Waals surface area contributed by atoms with Crippen LogP contribution in [0, 0.1) is 20.8 Å². The number of aryl methyl sites for hydroxylation is 3. The third-order valence-corrected chi connectivity index (χ3v) is 5.66. The van der Waals surface area contributed by atoms with Gasteiger partial charge in [0.2, 0.25) is 0 Å². The first-order chi connectivity index (χ1) is 17.3. The number of aliphatic imine (C=N–C) groups is 1. The summed E-state index contributed by atoms with van der Waals surface area (Å²) in [6, 6.07) is 25.2. The van der Waals surface area contributed by atoms with Crippen molar-refractivity contribution in [3.8, 4) is 11.1 Å². The predicted octanol–water partition coefficient (Wildman–Crippen LogP) is 7.99. The van der Waals surface area contributed by atoms with E-state index < -0.39 is 0 Å². The Balaban J connectivity index is 0.00000115. The molecular formula is C32H34N4. The Morgan fingerprint density at radius 3 is 2.17 bits per heavy atom. The summed E-state index contributed by atoms with van der Waals surface area (Å²) in [5, 5.41) is 3.45. The highest BCUT2D eigenvalue weighted by Gasteiger charge is 2.06. The number of nitrogens with one attached hydrogen (secondary N) is 1. The quantitative estimate of drug-likeness (QED) is 0.278. The van der Waals surface area contributed by atoms with Gasteiger partial charge in [0.25, 0.3) is 0 Å². The zero-order chi connectivity index (χ0) is 26.1. The van der Waals surface area contributed by atoms with E-state index >= 15 is 0 Å². The van der Waals surface area contributed by atoms with E-state index in [1.54, 1.807) is 6.20 Å². The Morgan fingerprint density at radius 2 is 1.56 bits per heavy atom. The fourth-order valence-corrected chi connectivity index (χ4v) is 3.89. The van der Waals surface area contributed by atoms with Gasteiger partial charge in [0, 0.05) is 29.5 Å². The maximum Gasteiger partial charge on any atom is 0.0682 e. The van der Waals surface area contributed by atoms with Gasteiger partial charge in [-0.05, 0) is 92.0 Å². The highest BCUT2D eigenvalue weighted by atomic mass is 14.9. The van der Waals surface area contributed by atoms with E-state index in [-0.39, 0.29) is 0 Å². The molecule has 4 rings (SSSR count). The molecule has 4 nitrogen and oxygen atoms in total. The summed E-state index contributed by atoms with van der Waals surface area (Å²) in [6.45, 7) is 15.7. The molecule has 3 aromatic carbocycles. The number of hydrogen-bond donors (Lipinski definition) is 2. The lowest BCUT2D eigenvalue weighted by Gasteiger charge is -2.13. The van der Waals surface area contributed by atoms with Crippen molar-refractivity contribution in [1.29, 1.82) is 0 Å². The largest absolute Gasteiger partial charge is 0.405 e. The first-order valence-corrected chi connectivity index (χ1v) is 11.8. The SMILES string of the molecule is C=C(Nc1ccc(C)c(N=C(C)c2ccc(-c3cccnc3)cc2)c1)c1cc(C)cc(C)c1.C=CN. The molecule has 4 aromatic rings. The number of hydrogen-bond acceptors (Lipinski definition) is 4. The second-order valence-electron chi connectivity index (χ2n) is 8.73. The van der Waals surface area contributed by atoms with Crippen molar-refractivity contribution in [1.82, 2.24) is 4.98 Å². The molecule has 0 amide bonds. The van der Waals surface area contributed by atoms with Crippen LogP contribution in [0.2, 0.25) is 0 Å². The highest BCUT2D eigenvalue weighted by molar-refractivity contribution is 6.01. The van der Waals surface area contributed by atoms with Gasteiger partial charge in [-0.3, -0.25) is 9.98 Å². The van der Waals surface area contributed by atoms with Crippen LogP contribution in [0.4, 0.5) is 11.4 Å². The molecule has 0 saturated carbocycles. The Morgan fingerprint density at radius 1 is 0.889 bits per heavy atom. The van der Waals surface area contributed by atoms with E-state index in [2.05, 4.69) is 117 Å². The molecule has 3 N–H and O–H groups in total. The number of anilines is 1. The number of benzene rings is 3. The van der Waals surface area contributed by atoms with Gasteiger partial charge in [0.15, 0.2) is 0 Å². The van der Waals surface area contributed by atoms with Gasteiger partial charge < -0.3 is 11.1 Å². The van der Waals surface area contributed by atoms with E-state index in [9.17, 15) is 0 Å². The van der Waals surface area contributed by atoms with Crippen molar-refractivity contribution in [3.63, 3.8) is 0 Å². The number of rotatable bonds is 6. The number of pyridine rings is 1. The minimum atomic E-state index is 0.878. The highest BCUT2D eigenvalue weighted by Crippen LogP contribution is 2.27. The summed E-state index contributed by atoms with van der Waals surface area (Å²) in [5.41, 5.74) is 16.4. The molecular weight excluding hydrogens is 440 g/mol. The molecule has 0 unspecified atom stereocenters. The van der Waals surface area contributed by atoms with Crippen molar-refractivity contribution in [3.05, 3.63) is 132 Å². The Hall–Kier alpha value is -4.44. The Kier molecular flexibility index (Phi) is 8.95. The minimum Gasteiger partial charge on any atom is -0.405 e. The maximum atomic E-state index is 4.93. The Bertz CT molecular complexity index is 1350. The first kappa shape index (κ1) is 26.2. The molecule has 0 atom stereocenters. The van der Waals surface area contributed by atoms with Crippen LogP contribution >= 0.6 is 0 Å². The van der Waals surface area contributed by atoms with Crippen LogP contribution in [0.3, 0.4) is 0 Å². The average Bonchev–Trinajstić information content (AvgIpc) is 2.86. The van der Waals surface area contributed by atoms with Crippen LogP contribution in [0.25, 0.3) is 16.8 Å². The van der Waals surface area contributed by atoms with Gasteiger partial charge in [-0.1, -0.05) is 66.7 Å². The lowest BCUT2D eigenvalue weighted by atomic mass is 10.0. The third-order valence-electron chi connectivity index (χ3n) is 5.66. The van der Waals surface area contributed by atoms with Crippen LogP contribution < -0.4 is 11.1 Å². The van der Waals surface area contributed by atoms with Crippen LogP contribution in [0.5, 0.6) is 0 Å². The second-order valence-corrected chi connectivity index (χ2v) is 8.73. The van der Waals surface area contributed by atoms with E-state index in [0.29, 0.717) is 0 Å². The number of aromatic nitrogens is 1. The zero-order valence-electron chi connectivity index (χ0n) is 21.5. The molecule has 1 aromatic heterocycles. The van der Waals surface area contributed by atoms with Crippen molar-refractivity contribution in [2.24, 2.45) is 10.7 Å². The summed E-state index contributed by atoms with van der Waals surface area (Å²) < 4.78 is 0. The molecule has 0 fully saturated rings. The maximum absolute atomic E-state index is 4.93. The molecule has 0 saturated heterocycles. The summed E-state index contributed by atoms with van der Waals surface area (Å²) in [7, 11) is 0. The lowest BCUT2D eigenvalue weighted by Crippen LogP contribution is -1.99. The molecule has 36 heavy (non-hydrogen) atoms. The predicted molar refractivity (Wildman–Crippen MR) is 156 cm³/mol. The Labute approximate surface area is 215 Å². The van der Waals surface area contributed by atoms with Crippen LogP contribution in [-0.4, -0.2) is 10.7 Å². The fourth-order valence-electron chi connectivity index (χ4n) is 3.89. The van der Waals surface area contributed by atoms with E-state index in [4.69, 9.17) is 4.99 Å². The average molecular weight is 475 g/mol. The van der Waals surface area contributed by atoms with Gasteiger partial charge in [0.1, 0.15) is 0 Å². The molecule has 0 aliphatic rings. The zero-order valence-corrected chi connectivity index (χ0v) is 21.5. The topological polar surface area (TPSA) is 63.3 Å². The minimum absolute atomic E-state index is 0.878. The molecule has 0 aliphatic heterocycles. The fraction of sp³-hybridized carbons (Fsp3) is 0.125. The molecule has 4 heteroatoms. The van der Waals surface area contributed by atoms with Gasteiger partial charge in [-0.2, -0.15) is 0 Å². The summed E-state index contributed by atoms with van der Waals surface area (Å²) >= 11 is 0. The molecule has 0 aliphatic carbocycles. The smallest absolute Gasteiger partial charge is 0.0682 e. The van der Waals surface area contributed by atoms with E-state index in [1.165, 1.54) is 17.3 Å². The van der Waals surface area contributed by atoms with Crippen molar-refractivity contribution in [2.45, 2.75) is 27.7 Å². The van der Waals surface area contributed by atoms with Gasteiger partial charge in [0.05, 0.1) is 5.69 Å².